The number of hydrogen-bond acceptors (Lipinski definition) is 0. The Morgan fingerprint density at radius 3 is 0.417 bits per heavy atom. The first-order valence-electron chi connectivity index (χ1n) is 0. The van der Waals surface area contributed by atoms with E-state index in [4.69, 9.17) is 0 Å². The third-order valence-corrected chi connectivity index (χ3v) is 0. The van der Waals surface area contributed by atoms with E-state index in [2.05, 4.69) is 0 Å². The van der Waals surface area contributed by atoms with E-state index in [1.54, 1.807) is 0 Å². The second-order valence-electron chi connectivity index (χ2n) is 0. The van der Waals surface area contributed by atoms with Crippen LogP contribution in [0, 0.1) is 0 Å². The van der Waals surface area contributed by atoms with E-state index < -0.39 is 0 Å². The zero-order valence-electron chi connectivity index (χ0n) is 5.27. The van der Waals surface area contributed by atoms with Crippen molar-refractivity contribution in [2.24, 2.45) is 0 Å². The fourth-order valence-electron chi connectivity index (χ4n) is 0. The fraction of sp³-hybridized carbons (Fsp3) is 0. The SMILES string of the molecule is [Ge+4].[O-2].[O-2].[O-2].[O-2].[O-2].[O-2].[O-2].[O-2].[Sn+4].[Ti+4].[Zr+4]. The molecule has 0 heterocycles. The molecule has 0 aromatic rings. The first kappa shape index (κ1) is 395. The molecule has 0 aromatic carbocycles. The predicted octanol–water partition coefficient (Wildman–Crippen LogP) is -1.72. The van der Waals surface area contributed by atoms with Crippen LogP contribution < -0.4 is 0 Å². The molecule has 0 aliphatic carbocycles. The van der Waals surface area contributed by atoms with E-state index in [1.165, 1.54) is 0 Å². The van der Waals surface area contributed by atoms with Crippen LogP contribution in [-0.2, 0) is 91.7 Å². The Hall–Kier alpha value is 2.62. The molecule has 0 aliphatic rings. The molecule has 0 aliphatic heterocycles. The Morgan fingerprint density at radius 2 is 0.417 bits per heavy atom. The molecule has 0 radical (unpaired) electrons. The van der Waals surface area contributed by atoms with Crippen LogP contribution in [0.4, 0.5) is 0 Å². The molecule has 12 heavy (non-hydrogen) atoms. The first-order chi connectivity index (χ1) is 0. The molecule has 0 spiro atoms. The van der Waals surface area contributed by atoms with E-state index in [0.717, 1.165) is 0 Å². The van der Waals surface area contributed by atoms with Crippen LogP contribution in [0.25, 0.3) is 0 Å². The average Bonchev–Trinajstić information content (AvgIpc) is 0. The quantitative estimate of drug-likeness (QED) is 0.369. The van der Waals surface area contributed by atoms with Gasteiger partial charge in [-0.25, -0.2) is 0 Å². The third-order valence-electron chi connectivity index (χ3n) is 0. The van der Waals surface area contributed by atoms with Crippen molar-refractivity contribution in [3.05, 3.63) is 0 Å². The van der Waals surface area contributed by atoms with Gasteiger partial charge in [0, 0.05) is 0 Å². The Morgan fingerprint density at radius 1 is 0.417 bits per heavy atom. The van der Waals surface area contributed by atoms with Crippen molar-refractivity contribution in [3.8, 4) is 0 Å². The van der Waals surface area contributed by atoms with E-state index in [0.29, 0.717) is 0 Å². The minimum absolute atomic E-state index is 0. The summed E-state index contributed by atoms with van der Waals surface area (Å²) < 4.78 is 0. The van der Waals surface area contributed by atoms with Gasteiger partial charge < -0.3 is 43.8 Å². The van der Waals surface area contributed by atoms with Gasteiger partial charge >= 0.3 is 89.4 Å². The number of hydrogen-bond donors (Lipinski definition) is 0. The molecule has 0 fully saturated rings. The summed E-state index contributed by atoms with van der Waals surface area (Å²) in [5, 5.41) is 0. The van der Waals surface area contributed by atoms with Gasteiger partial charge in [-0.2, -0.15) is 0 Å². The Bertz CT molecular complexity index is 19.0. The largest absolute Gasteiger partial charge is 4.00 e. The normalized spacial score (nSPS) is 0. The van der Waals surface area contributed by atoms with E-state index in [9.17, 15) is 0 Å². The summed E-state index contributed by atoms with van der Waals surface area (Å²) in [6, 6.07) is 0. The van der Waals surface area contributed by atoms with Gasteiger partial charge in [-0.1, -0.05) is 0 Å². The molecule has 0 N–H and O–H groups in total. The van der Waals surface area contributed by atoms with Crippen LogP contribution in [0.15, 0.2) is 0 Å². The maximum Gasteiger partial charge on any atom is 4.00 e. The van der Waals surface area contributed by atoms with Crippen LogP contribution in [0.2, 0.25) is 0 Å². The molecule has 0 bridgehead atoms. The molecule has 0 saturated heterocycles. The van der Waals surface area contributed by atoms with Crippen LogP contribution >= 0.6 is 0 Å². The van der Waals surface area contributed by atoms with Crippen molar-refractivity contribution in [3.63, 3.8) is 0 Å². The Labute approximate surface area is 132 Å². The van der Waals surface area contributed by atoms with Gasteiger partial charge in [-0.05, 0) is 0 Å². The Balaban J connectivity index is 0. The maximum atomic E-state index is 0. The standard InChI is InChI=1S/Ge.8O.Sn.Ti.Zr/q+4;8*-2;3*+4. The minimum atomic E-state index is 0. The van der Waals surface area contributed by atoms with Crippen molar-refractivity contribution in [2.75, 3.05) is 0 Å². The molecule has 0 rings (SSSR count). The van der Waals surface area contributed by atoms with Crippen LogP contribution in [0.1, 0.15) is 0 Å². The zero-order valence-corrected chi connectivity index (χ0v) is 14.2. The van der Waals surface area contributed by atoms with Gasteiger partial charge in [0.2, 0.25) is 0 Å². The average molecular weight is 458 g/mol. The van der Waals surface area contributed by atoms with Crippen LogP contribution in [0.5, 0.6) is 0 Å². The van der Waals surface area contributed by atoms with E-state index >= 15 is 0 Å². The summed E-state index contributed by atoms with van der Waals surface area (Å²) >= 11 is 0. The minimum Gasteiger partial charge on any atom is -2.00 e. The molecule has 0 amide bonds. The summed E-state index contributed by atoms with van der Waals surface area (Å²) in [6.45, 7) is 0. The zero-order chi connectivity index (χ0) is 0. The second-order valence-corrected chi connectivity index (χ2v) is 0. The predicted molar refractivity (Wildman–Crippen MR) is 17.0 cm³/mol. The molecule has 0 aromatic heterocycles. The van der Waals surface area contributed by atoms with Gasteiger partial charge in [-0.3, -0.25) is 0 Å². The molecular formula is GeO8SnTiZr. The van der Waals surface area contributed by atoms with Gasteiger partial charge in [-0.15, -0.1) is 0 Å². The third kappa shape index (κ3) is 248. The van der Waals surface area contributed by atoms with Crippen molar-refractivity contribution < 1.29 is 91.7 Å². The fourth-order valence-corrected chi connectivity index (χ4v) is 0. The molecular weight excluding hydrogens is 458 g/mol. The molecule has 8 nitrogen and oxygen atoms in total. The van der Waals surface area contributed by atoms with Gasteiger partial charge in [0.15, 0.2) is 0 Å². The van der Waals surface area contributed by atoms with Gasteiger partial charge in [0.05, 0.1) is 0 Å². The summed E-state index contributed by atoms with van der Waals surface area (Å²) in [7, 11) is 0. The second kappa shape index (κ2) is 316. The van der Waals surface area contributed by atoms with Crippen molar-refractivity contribution >= 4 is 41.5 Å². The number of rotatable bonds is 0. The molecule has 0 saturated carbocycles. The van der Waals surface area contributed by atoms with E-state index in [1.807, 2.05) is 0 Å². The smallest absolute Gasteiger partial charge is 2.00 e. The maximum absolute atomic E-state index is 0. The summed E-state index contributed by atoms with van der Waals surface area (Å²) in [4.78, 5) is 0. The van der Waals surface area contributed by atoms with Crippen molar-refractivity contribution in [1.29, 1.82) is 0 Å². The Kier molecular flexibility index (Phi) is 10400. The summed E-state index contributed by atoms with van der Waals surface area (Å²) in [5.74, 6) is 0. The van der Waals surface area contributed by atoms with Gasteiger partial charge in [0.25, 0.3) is 0 Å². The molecule has 12 heteroatoms. The monoisotopic (exact) mass is 460 g/mol. The van der Waals surface area contributed by atoms with Crippen LogP contribution in [-0.4, -0.2) is 41.5 Å². The topological polar surface area (TPSA) is 228 Å². The van der Waals surface area contributed by atoms with E-state index in [-0.39, 0.29) is 133 Å². The molecule has 64 valence electrons. The van der Waals surface area contributed by atoms with Crippen LogP contribution in [0.3, 0.4) is 0 Å². The van der Waals surface area contributed by atoms with Gasteiger partial charge in [0.1, 0.15) is 0 Å². The van der Waals surface area contributed by atoms with Crippen molar-refractivity contribution in [1.82, 2.24) is 0 Å². The first-order valence-corrected chi connectivity index (χ1v) is 0. The molecule has 0 atom stereocenters. The van der Waals surface area contributed by atoms with Crippen molar-refractivity contribution in [2.45, 2.75) is 0 Å². The molecule has 0 unspecified atom stereocenters. The summed E-state index contributed by atoms with van der Waals surface area (Å²) in [5.41, 5.74) is 0. The summed E-state index contributed by atoms with van der Waals surface area (Å²) in [6.07, 6.45) is 0.